The number of rotatable bonds is 8. The number of benzene rings is 1. The van der Waals surface area contributed by atoms with Crippen LogP contribution in [0.5, 0.6) is 0 Å². The summed E-state index contributed by atoms with van der Waals surface area (Å²) in [5.74, 6) is -1.12. The second kappa shape index (κ2) is 8.00. The lowest BCUT2D eigenvalue weighted by atomic mass is 10.2. The fourth-order valence-electron chi connectivity index (χ4n) is 2.08. The molecule has 0 aliphatic carbocycles. The summed E-state index contributed by atoms with van der Waals surface area (Å²) in [5.41, 5.74) is 1.40. The monoisotopic (exact) mass is 349 g/mol. The van der Waals surface area contributed by atoms with Gasteiger partial charge in [-0.2, -0.15) is 17.4 Å². The van der Waals surface area contributed by atoms with Gasteiger partial charge in [-0.1, -0.05) is 43.3 Å². The molecule has 8 heteroatoms. The Morgan fingerprint density at radius 2 is 1.88 bits per heavy atom. The summed E-state index contributed by atoms with van der Waals surface area (Å²) in [6, 6.07) is 12.2. The van der Waals surface area contributed by atoms with Crippen molar-refractivity contribution in [3.63, 3.8) is 0 Å². The van der Waals surface area contributed by atoms with E-state index in [1.807, 2.05) is 30.3 Å². The van der Waals surface area contributed by atoms with E-state index in [1.54, 1.807) is 6.92 Å². The van der Waals surface area contributed by atoms with Crippen molar-refractivity contribution in [1.82, 2.24) is 14.0 Å². The van der Waals surface area contributed by atoms with Gasteiger partial charge < -0.3 is 5.11 Å². The molecule has 0 radical (unpaired) electrons. The molecule has 2 aromatic rings. The van der Waals surface area contributed by atoms with E-state index in [0.717, 1.165) is 5.56 Å². The van der Waals surface area contributed by atoms with Crippen LogP contribution >= 0.6 is 0 Å². The standard InChI is InChI=1S/C16H19N3O4S/c1-2-19(12-13-6-4-3-5-7-13)24(22,23)18-11-14-8-9-15(16(20)21)17-10-14/h3-10,18H,2,11-12H2,1H3,(H,20,21). The molecule has 0 atom stereocenters. The van der Waals surface area contributed by atoms with E-state index in [2.05, 4.69) is 9.71 Å². The van der Waals surface area contributed by atoms with Gasteiger partial charge >= 0.3 is 5.97 Å². The lowest BCUT2D eigenvalue weighted by molar-refractivity contribution is 0.0690. The molecule has 0 aliphatic heterocycles. The summed E-state index contributed by atoms with van der Waals surface area (Å²) in [6.07, 6.45) is 1.35. The first-order chi connectivity index (χ1) is 11.4. The number of aromatic carboxylic acids is 1. The minimum atomic E-state index is -3.66. The number of hydrogen-bond donors (Lipinski definition) is 2. The third kappa shape index (κ3) is 4.85. The van der Waals surface area contributed by atoms with E-state index in [4.69, 9.17) is 5.11 Å². The van der Waals surface area contributed by atoms with Gasteiger partial charge in [0.25, 0.3) is 10.2 Å². The molecule has 0 spiro atoms. The Morgan fingerprint density at radius 3 is 2.42 bits per heavy atom. The lowest BCUT2D eigenvalue weighted by Crippen LogP contribution is -2.39. The van der Waals surface area contributed by atoms with Gasteiger partial charge in [0, 0.05) is 25.8 Å². The van der Waals surface area contributed by atoms with Crippen molar-refractivity contribution in [3.8, 4) is 0 Å². The molecular formula is C16H19N3O4S. The molecule has 0 unspecified atom stereocenters. The number of aromatic nitrogens is 1. The molecule has 0 amide bonds. The van der Waals surface area contributed by atoms with Crippen LogP contribution in [0.2, 0.25) is 0 Å². The van der Waals surface area contributed by atoms with Crippen molar-refractivity contribution in [2.45, 2.75) is 20.0 Å². The maximum Gasteiger partial charge on any atom is 0.354 e. The number of carbonyl (C=O) groups is 1. The van der Waals surface area contributed by atoms with E-state index >= 15 is 0 Å². The van der Waals surface area contributed by atoms with Crippen molar-refractivity contribution in [2.75, 3.05) is 6.54 Å². The molecule has 7 nitrogen and oxygen atoms in total. The van der Waals surface area contributed by atoms with Crippen LogP contribution in [0.25, 0.3) is 0 Å². The summed E-state index contributed by atoms with van der Waals surface area (Å²) in [4.78, 5) is 14.5. The SMILES string of the molecule is CCN(Cc1ccccc1)S(=O)(=O)NCc1ccc(C(=O)O)nc1. The lowest BCUT2D eigenvalue weighted by Gasteiger charge is -2.21. The predicted molar refractivity (Wildman–Crippen MR) is 89.5 cm³/mol. The number of nitrogens with one attached hydrogen (secondary N) is 1. The summed E-state index contributed by atoms with van der Waals surface area (Å²) >= 11 is 0. The molecule has 0 fully saturated rings. The zero-order valence-corrected chi connectivity index (χ0v) is 14.0. The quantitative estimate of drug-likeness (QED) is 0.755. The molecule has 0 saturated heterocycles. The van der Waals surface area contributed by atoms with Crippen molar-refractivity contribution >= 4 is 16.2 Å². The minimum Gasteiger partial charge on any atom is -0.477 e. The summed E-state index contributed by atoms with van der Waals surface area (Å²) in [5, 5.41) is 8.80. The fraction of sp³-hybridized carbons (Fsp3) is 0.250. The Morgan fingerprint density at radius 1 is 1.17 bits per heavy atom. The van der Waals surface area contributed by atoms with Crippen LogP contribution in [-0.4, -0.2) is 35.3 Å². The highest BCUT2D eigenvalue weighted by molar-refractivity contribution is 7.87. The van der Waals surface area contributed by atoms with Crippen molar-refractivity contribution in [1.29, 1.82) is 0 Å². The van der Waals surface area contributed by atoms with Crippen LogP contribution in [0.4, 0.5) is 0 Å². The number of nitrogens with zero attached hydrogens (tertiary/aromatic N) is 2. The summed E-state index contributed by atoms with van der Waals surface area (Å²) in [6.45, 7) is 2.43. The molecule has 1 aromatic heterocycles. The molecular weight excluding hydrogens is 330 g/mol. The largest absolute Gasteiger partial charge is 0.477 e. The normalized spacial score (nSPS) is 11.6. The Bertz CT molecular complexity index is 777. The van der Waals surface area contributed by atoms with Gasteiger partial charge in [0.1, 0.15) is 5.69 Å². The molecule has 2 rings (SSSR count). The minimum absolute atomic E-state index is 0.0422. The highest BCUT2D eigenvalue weighted by Crippen LogP contribution is 2.09. The predicted octanol–water partition coefficient (Wildman–Crippen LogP) is 1.64. The zero-order valence-electron chi connectivity index (χ0n) is 13.2. The third-order valence-electron chi connectivity index (χ3n) is 3.40. The number of carboxylic acids is 1. The zero-order chi connectivity index (χ0) is 17.6. The van der Waals surface area contributed by atoms with E-state index in [9.17, 15) is 13.2 Å². The molecule has 24 heavy (non-hydrogen) atoms. The average molecular weight is 349 g/mol. The molecule has 0 bridgehead atoms. The average Bonchev–Trinajstić information content (AvgIpc) is 2.59. The van der Waals surface area contributed by atoms with Crippen LogP contribution in [-0.2, 0) is 23.3 Å². The van der Waals surface area contributed by atoms with Gasteiger partial charge in [-0.15, -0.1) is 0 Å². The van der Waals surface area contributed by atoms with Gasteiger partial charge in [-0.05, 0) is 17.2 Å². The maximum atomic E-state index is 12.4. The molecule has 2 N–H and O–H groups in total. The summed E-state index contributed by atoms with van der Waals surface area (Å²) in [7, 11) is -3.66. The Labute approximate surface area is 141 Å². The highest BCUT2D eigenvalue weighted by atomic mass is 32.2. The van der Waals surface area contributed by atoms with Crippen LogP contribution < -0.4 is 4.72 Å². The first-order valence-corrected chi connectivity index (χ1v) is 8.83. The van der Waals surface area contributed by atoms with Gasteiger partial charge in [-0.3, -0.25) is 0 Å². The first-order valence-electron chi connectivity index (χ1n) is 7.39. The van der Waals surface area contributed by atoms with Crippen LogP contribution in [0, 0.1) is 0 Å². The van der Waals surface area contributed by atoms with Crippen LogP contribution in [0.15, 0.2) is 48.7 Å². The van der Waals surface area contributed by atoms with Crippen molar-refractivity contribution in [3.05, 3.63) is 65.5 Å². The second-order valence-electron chi connectivity index (χ2n) is 5.09. The first kappa shape index (κ1) is 18.1. The summed E-state index contributed by atoms with van der Waals surface area (Å²) < 4.78 is 28.7. The van der Waals surface area contributed by atoms with Gasteiger partial charge in [-0.25, -0.2) is 9.78 Å². The Hall–Kier alpha value is -2.29. The fourth-order valence-corrected chi connectivity index (χ4v) is 3.27. The number of carboxylic acid groups (broad SMARTS) is 1. The topological polar surface area (TPSA) is 99.6 Å². The maximum absolute atomic E-state index is 12.4. The highest BCUT2D eigenvalue weighted by Gasteiger charge is 2.20. The second-order valence-corrected chi connectivity index (χ2v) is 6.85. The molecule has 128 valence electrons. The number of pyridine rings is 1. The van der Waals surface area contributed by atoms with Gasteiger partial charge in [0.05, 0.1) is 0 Å². The van der Waals surface area contributed by atoms with Crippen molar-refractivity contribution < 1.29 is 18.3 Å². The van der Waals surface area contributed by atoms with E-state index < -0.39 is 16.2 Å². The van der Waals surface area contributed by atoms with E-state index in [-0.39, 0.29) is 18.8 Å². The van der Waals surface area contributed by atoms with E-state index in [1.165, 1.54) is 22.6 Å². The Kier molecular flexibility index (Phi) is 6.02. The van der Waals surface area contributed by atoms with Crippen LogP contribution in [0.3, 0.4) is 0 Å². The van der Waals surface area contributed by atoms with Crippen LogP contribution in [0.1, 0.15) is 28.5 Å². The Balaban J connectivity index is 2.02. The number of hydrogen-bond acceptors (Lipinski definition) is 4. The smallest absolute Gasteiger partial charge is 0.354 e. The molecule has 0 saturated carbocycles. The molecule has 0 aliphatic rings. The third-order valence-corrected chi connectivity index (χ3v) is 4.97. The van der Waals surface area contributed by atoms with E-state index in [0.29, 0.717) is 12.1 Å². The van der Waals surface area contributed by atoms with Gasteiger partial charge in [0.15, 0.2) is 0 Å². The van der Waals surface area contributed by atoms with Crippen molar-refractivity contribution in [2.24, 2.45) is 0 Å². The molecule has 1 heterocycles. The van der Waals surface area contributed by atoms with Gasteiger partial charge in [0.2, 0.25) is 0 Å². The molecule has 1 aromatic carbocycles.